The van der Waals surface area contributed by atoms with Crippen molar-refractivity contribution in [2.75, 3.05) is 7.11 Å². The van der Waals surface area contributed by atoms with Crippen molar-refractivity contribution in [3.05, 3.63) is 29.6 Å². The van der Waals surface area contributed by atoms with Gasteiger partial charge in [0.2, 0.25) is 5.91 Å². The lowest BCUT2D eigenvalue weighted by Crippen LogP contribution is -2.34. The van der Waals surface area contributed by atoms with E-state index >= 15 is 0 Å². The van der Waals surface area contributed by atoms with Gasteiger partial charge in [-0.05, 0) is 12.1 Å². The number of ether oxygens (including phenoxy) is 1. The third-order valence-electron chi connectivity index (χ3n) is 2.10. The third kappa shape index (κ3) is 2.47. The molecule has 16 heavy (non-hydrogen) atoms. The summed E-state index contributed by atoms with van der Waals surface area (Å²) in [6.45, 7) is 0. The summed E-state index contributed by atoms with van der Waals surface area (Å²) >= 11 is 0. The third-order valence-corrected chi connectivity index (χ3v) is 2.10. The van der Waals surface area contributed by atoms with E-state index in [2.05, 4.69) is 0 Å². The van der Waals surface area contributed by atoms with E-state index in [1.807, 2.05) is 0 Å². The number of benzene rings is 1. The number of carbonyl (C=O) groups excluding carboxylic acids is 1. The molecular weight excluding hydrogens is 217 g/mol. The lowest BCUT2D eigenvalue weighted by atomic mass is 10.0. The van der Waals surface area contributed by atoms with E-state index in [-0.39, 0.29) is 11.3 Å². The normalized spacial score (nSPS) is 14.2. The van der Waals surface area contributed by atoms with Gasteiger partial charge in [-0.2, -0.15) is 0 Å². The molecule has 88 valence electrons. The van der Waals surface area contributed by atoms with Gasteiger partial charge in [-0.25, -0.2) is 4.39 Å². The second kappa shape index (κ2) is 4.91. The number of primary amides is 1. The molecule has 0 saturated heterocycles. The number of carbonyl (C=O) groups is 1. The SMILES string of the molecule is COc1cc(F)ccc1C(O)C(O)C(N)=O. The molecule has 0 heterocycles. The van der Waals surface area contributed by atoms with E-state index in [1.54, 1.807) is 0 Å². The second-order valence-corrected chi connectivity index (χ2v) is 3.18. The molecule has 0 aliphatic rings. The zero-order chi connectivity index (χ0) is 12.3. The van der Waals surface area contributed by atoms with Crippen molar-refractivity contribution in [1.29, 1.82) is 0 Å². The Morgan fingerprint density at radius 3 is 2.62 bits per heavy atom. The smallest absolute Gasteiger partial charge is 0.249 e. The molecule has 6 heteroatoms. The minimum Gasteiger partial charge on any atom is -0.496 e. The van der Waals surface area contributed by atoms with Crippen molar-refractivity contribution in [2.45, 2.75) is 12.2 Å². The highest BCUT2D eigenvalue weighted by Crippen LogP contribution is 2.27. The van der Waals surface area contributed by atoms with E-state index in [1.165, 1.54) is 13.2 Å². The van der Waals surface area contributed by atoms with Crippen LogP contribution in [0.4, 0.5) is 4.39 Å². The van der Waals surface area contributed by atoms with Gasteiger partial charge in [0.05, 0.1) is 7.11 Å². The Hall–Kier alpha value is -1.66. The van der Waals surface area contributed by atoms with E-state index < -0.39 is 23.9 Å². The maximum atomic E-state index is 12.8. The van der Waals surface area contributed by atoms with Crippen LogP contribution in [0.1, 0.15) is 11.7 Å². The van der Waals surface area contributed by atoms with Crippen LogP contribution in [-0.2, 0) is 4.79 Å². The molecule has 5 nitrogen and oxygen atoms in total. The molecule has 4 N–H and O–H groups in total. The summed E-state index contributed by atoms with van der Waals surface area (Å²) in [6, 6.07) is 3.33. The topological polar surface area (TPSA) is 92.8 Å². The average molecular weight is 229 g/mol. The number of rotatable bonds is 4. The summed E-state index contributed by atoms with van der Waals surface area (Å²) in [5.41, 5.74) is 4.92. The van der Waals surface area contributed by atoms with Gasteiger partial charge in [0.25, 0.3) is 0 Å². The summed E-state index contributed by atoms with van der Waals surface area (Å²) in [4.78, 5) is 10.7. The predicted octanol–water partition coefficient (Wildman–Crippen LogP) is -0.286. The number of halogens is 1. The summed E-state index contributed by atoms with van der Waals surface area (Å²) < 4.78 is 17.7. The van der Waals surface area contributed by atoms with Gasteiger partial charge in [0, 0.05) is 11.6 Å². The Kier molecular flexibility index (Phi) is 3.81. The monoisotopic (exact) mass is 229 g/mol. The first-order valence-corrected chi connectivity index (χ1v) is 4.46. The van der Waals surface area contributed by atoms with Crippen molar-refractivity contribution in [1.82, 2.24) is 0 Å². The molecule has 2 atom stereocenters. The quantitative estimate of drug-likeness (QED) is 0.661. The van der Waals surface area contributed by atoms with Crippen LogP contribution >= 0.6 is 0 Å². The van der Waals surface area contributed by atoms with Crippen LogP contribution < -0.4 is 10.5 Å². The van der Waals surface area contributed by atoms with Crippen LogP contribution in [0.25, 0.3) is 0 Å². The van der Waals surface area contributed by atoms with Gasteiger partial charge in [-0.15, -0.1) is 0 Å². The number of nitrogens with two attached hydrogens (primary N) is 1. The first-order chi connectivity index (χ1) is 7.47. The van der Waals surface area contributed by atoms with Crippen LogP contribution in [0.15, 0.2) is 18.2 Å². The molecule has 1 aromatic carbocycles. The summed E-state index contributed by atoms with van der Waals surface area (Å²) in [6.07, 6.45) is -3.31. The fraction of sp³-hybridized carbons (Fsp3) is 0.300. The molecule has 1 aromatic rings. The van der Waals surface area contributed by atoms with Crippen molar-refractivity contribution in [2.24, 2.45) is 5.73 Å². The Balaban J connectivity index is 3.07. The molecule has 1 amide bonds. The maximum Gasteiger partial charge on any atom is 0.249 e. The number of methoxy groups -OCH3 is 1. The van der Waals surface area contributed by atoms with Crippen LogP contribution in [-0.4, -0.2) is 29.3 Å². The second-order valence-electron chi connectivity index (χ2n) is 3.18. The molecular formula is C10H12FNO4. The van der Waals surface area contributed by atoms with Crippen molar-refractivity contribution in [3.8, 4) is 5.75 Å². The number of aliphatic hydroxyl groups is 2. The van der Waals surface area contributed by atoms with E-state index in [0.717, 1.165) is 12.1 Å². The number of aliphatic hydroxyl groups excluding tert-OH is 2. The minimum atomic E-state index is -1.76. The van der Waals surface area contributed by atoms with Gasteiger partial charge in [0.1, 0.15) is 17.7 Å². The van der Waals surface area contributed by atoms with E-state index in [0.29, 0.717) is 0 Å². The van der Waals surface area contributed by atoms with E-state index in [9.17, 15) is 19.4 Å². The number of hydrogen-bond donors (Lipinski definition) is 3. The Labute approximate surface area is 91.3 Å². The van der Waals surface area contributed by atoms with E-state index in [4.69, 9.17) is 10.5 Å². The number of hydrogen-bond acceptors (Lipinski definition) is 4. The summed E-state index contributed by atoms with van der Waals surface area (Å²) in [7, 11) is 1.28. The summed E-state index contributed by atoms with van der Waals surface area (Å²) in [5.74, 6) is -1.59. The molecule has 0 spiro atoms. The Morgan fingerprint density at radius 1 is 1.50 bits per heavy atom. The van der Waals surface area contributed by atoms with Crippen LogP contribution in [0.5, 0.6) is 5.75 Å². The van der Waals surface area contributed by atoms with Gasteiger partial charge in [0.15, 0.2) is 6.10 Å². The first kappa shape index (κ1) is 12.4. The molecule has 0 aromatic heterocycles. The Morgan fingerprint density at radius 2 is 2.12 bits per heavy atom. The Bertz CT molecular complexity index is 396. The van der Waals surface area contributed by atoms with Gasteiger partial charge >= 0.3 is 0 Å². The highest BCUT2D eigenvalue weighted by atomic mass is 19.1. The van der Waals surface area contributed by atoms with Crippen molar-refractivity contribution >= 4 is 5.91 Å². The molecule has 2 unspecified atom stereocenters. The van der Waals surface area contributed by atoms with Gasteiger partial charge in [-0.3, -0.25) is 4.79 Å². The minimum absolute atomic E-state index is 0.0350. The van der Waals surface area contributed by atoms with Gasteiger partial charge in [-0.1, -0.05) is 0 Å². The predicted molar refractivity (Wildman–Crippen MR) is 53.1 cm³/mol. The van der Waals surface area contributed by atoms with Crippen molar-refractivity contribution < 1.29 is 24.1 Å². The fourth-order valence-corrected chi connectivity index (χ4v) is 1.25. The number of amides is 1. The highest BCUT2D eigenvalue weighted by Gasteiger charge is 2.26. The largest absolute Gasteiger partial charge is 0.496 e. The van der Waals surface area contributed by atoms with Crippen molar-refractivity contribution in [3.63, 3.8) is 0 Å². The molecule has 0 radical (unpaired) electrons. The highest BCUT2D eigenvalue weighted by molar-refractivity contribution is 5.79. The standard InChI is InChI=1S/C10H12FNO4/c1-16-7-4-5(11)2-3-6(7)8(13)9(14)10(12)15/h2-4,8-9,13-14H,1H3,(H2,12,15). The van der Waals surface area contributed by atoms with Crippen LogP contribution in [0, 0.1) is 5.82 Å². The molecule has 0 aliphatic carbocycles. The molecule has 1 rings (SSSR count). The van der Waals surface area contributed by atoms with Crippen LogP contribution in [0.3, 0.4) is 0 Å². The van der Waals surface area contributed by atoms with Gasteiger partial charge < -0.3 is 20.7 Å². The first-order valence-electron chi connectivity index (χ1n) is 4.46. The molecule has 0 aliphatic heterocycles. The average Bonchev–Trinajstić information content (AvgIpc) is 2.26. The lowest BCUT2D eigenvalue weighted by molar-refractivity contribution is -0.132. The molecule has 0 fully saturated rings. The summed E-state index contributed by atoms with van der Waals surface area (Å²) in [5, 5.41) is 18.9. The zero-order valence-electron chi connectivity index (χ0n) is 8.55. The zero-order valence-corrected chi connectivity index (χ0v) is 8.55. The molecule has 0 saturated carbocycles. The fourth-order valence-electron chi connectivity index (χ4n) is 1.25. The molecule has 0 bridgehead atoms. The maximum absolute atomic E-state index is 12.8. The lowest BCUT2D eigenvalue weighted by Gasteiger charge is -2.17. The van der Waals surface area contributed by atoms with Crippen LogP contribution in [0.2, 0.25) is 0 Å².